The minimum absolute atomic E-state index is 0.0894. The van der Waals surface area contributed by atoms with Crippen molar-refractivity contribution in [3.8, 4) is 0 Å². The van der Waals surface area contributed by atoms with Gasteiger partial charge in [0.25, 0.3) is 10.0 Å². The second-order valence-corrected chi connectivity index (χ2v) is 6.69. The molecule has 0 heterocycles. The van der Waals surface area contributed by atoms with Crippen LogP contribution in [0.5, 0.6) is 0 Å². The number of carbonyl (C=O) groups excluding carboxylic acids is 1. The number of aromatic carboxylic acids is 1. The van der Waals surface area contributed by atoms with E-state index >= 15 is 0 Å². The number of nitrogens with one attached hydrogen (secondary N) is 2. The maximum atomic E-state index is 12.1. The van der Waals surface area contributed by atoms with Gasteiger partial charge in [-0.2, -0.15) is 0 Å². The van der Waals surface area contributed by atoms with Gasteiger partial charge < -0.3 is 5.11 Å². The van der Waals surface area contributed by atoms with E-state index in [4.69, 9.17) is 5.11 Å². The first-order chi connectivity index (χ1) is 9.63. The second-order valence-electron chi connectivity index (χ2n) is 5.04. The lowest BCUT2D eigenvalue weighted by Gasteiger charge is -2.11. The molecule has 0 saturated carbocycles. The predicted molar refractivity (Wildman–Crippen MR) is 76.1 cm³/mol. The largest absolute Gasteiger partial charge is 0.478 e. The number of sulfonamides is 1. The molecule has 1 amide bonds. The van der Waals surface area contributed by atoms with Crippen LogP contribution in [0.4, 0.5) is 0 Å². The number of hydrogen-bond donors (Lipinski definition) is 3. The van der Waals surface area contributed by atoms with E-state index in [2.05, 4.69) is 5.43 Å². The third-order valence-corrected chi connectivity index (χ3v) is 4.03. The molecule has 8 heteroatoms. The minimum Gasteiger partial charge on any atom is -0.478 e. The van der Waals surface area contributed by atoms with Gasteiger partial charge in [-0.1, -0.05) is 19.9 Å². The Kier molecular flexibility index (Phi) is 5.45. The Labute approximate surface area is 123 Å². The van der Waals surface area contributed by atoms with Crippen LogP contribution in [0.3, 0.4) is 0 Å². The highest BCUT2D eigenvalue weighted by Gasteiger charge is 2.19. The summed E-state index contributed by atoms with van der Waals surface area (Å²) in [4.78, 5) is 24.1. The second kappa shape index (κ2) is 6.68. The van der Waals surface area contributed by atoms with Crippen molar-refractivity contribution in [1.82, 2.24) is 10.3 Å². The molecule has 1 aromatic rings. The van der Waals surface area contributed by atoms with E-state index < -0.39 is 21.9 Å². The number of hydrazine groups is 1. The Morgan fingerprint density at radius 3 is 2.43 bits per heavy atom. The summed E-state index contributed by atoms with van der Waals surface area (Å²) in [5.41, 5.74) is 2.34. The fourth-order valence-electron chi connectivity index (χ4n) is 1.62. The lowest BCUT2D eigenvalue weighted by atomic mass is 10.1. The minimum atomic E-state index is -4.02. The first-order valence-corrected chi connectivity index (χ1v) is 7.76. The van der Waals surface area contributed by atoms with Gasteiger partial charge in [-0.25, -0.2) is 13.2 Å². The normalized spacial score (nSPS) is 11.4. The van der Waals surface area contributed by atoms with Crippen molar-refractivity contribution >= 4 is 21.9 Å². The molecule has 0 atom stereocenters. The van der Waals surface area contributed by atoms with Gasteiger partial charge in [-0.05, 0) is 30.5 Å². The molecular formula is C13H18N2O5S. The van der Waals surface area contributed by atoms with Crippen LogP contribution in [-0.2, 0) is 14.8 Å². The summed E-state index contributed by atoms with van der Waals surface area (Å²) in [7, 11) is -4.02. The maximum Gasteiger partial charge on any atom is 0.335 e. The molecular weight excluding hydrogens is 296 g/mol. The van der Waals surface area contributed by atoms with Crippen LogP contribution in [-0.4, -0.2) is 25.4 Å². The molecule has 3 N–H and O–H groups in total. The van der Waals surface area contributed by atoms with E-state index in [0.29, 0.717) is 5.56 Å². The van der Waals surface area contributed by atoms with Crippen molar-refractivity contribution in [1.29, 1.82) is 0 Å². The topological polar surface area (TPSA) is 113 Å². The van der Waals surface area contributed by atoms with Crippen molar-refractivity contribution in [3.63, 3.8) is 0 Å². The zero-order chi connectivity index (χ0) is 16.2. The highest BCUT2D eigenvalue weighted by molar-refractivity contribution is 7.89. The summed E-state index contributed by atoms with van der Waals surface area (Å²) in [6.07, 6.45) is 0.177. The van der Waals surface area contributed by atoms with Crippen LogP contribution in [0, 0.1) is 12.8 Å². The van der Waals surface area contributed by atoms with Crippen molar-refractivity contribution in [3.05, 3.63) is 29.3 Å². The number of carboxylic acid groups (broad SMARTS) is 1. The van der Waals surface area contributed by atoms with Gasteiger partial charge in [0.15, 0.2) is 0 Å². The summed E-state index contributed by atoms with van der Waals surface area (Å²) in [5.74, 6) is -1.59. The molecule has 0 aromatic heterocycles. The first-order valence-electron chi connectivity index (χ1n) is 6.28. The van der Waals surface area contributed by atoms with E-state index in [1.54, 1.807) is 0 Å². The Bertz CT molecular complexity index is 653. The Hall–Kier alpha value is -1.93. The van der Waals surface area contributed by atoms with Crippen molar-refractivity contribution in [2.24, 2.45) is 5.92 Å². The molecule has 0 saturated heterocycles. The number of amides is 1. The van der Waals surface area contributed by atoms with Gasteiger partial charge in [0.1, 0.15) is 0 Å². The standard InChI is InChI=1S/C13H18N2O5S/c1-8(2)6-12(16)14-15-21(19,20)11-7-10(13(17)18)5-4-9(11)3/h4-5,7-8,15H,6H2,1-3H3,(H,14,16)(H,17,18). The van der Waals surface area contributed by atoms with Crippen LogP contribution >= 0.6 is 0 Å². The van der Waals surface area contributed by atoms with E-state index in [-0.39, 0.29) is 22.8 Å². The molecule has 0 unspecified atom stereocenters. The predicted octanol–water partition coefficient (Wildman–Crippen LogP) is 1.05. The molecule has 1 rings (SSSR count). The van der Waals surface area contributed by atoms with Gasteiger partial charge >= 0.3 is 5.97 Å². The SMILES string of the molecule is Cc1ccc(C(=O)O)cc1S(=O)(=O)NNC(=O)CC(C)C. The summed E-state index contributed by atoms with van der Waals surface area (Å²) in [6.45, 7) is 5.19. The van der Waals surface area contributed by atoms with Crippen molar-refractivity contribution in [2.45, 2.75) is 32.1 Å². The summed E-state index contributed by atoms with van der Waals surface area (Å²) in [5, 5.41) is 8.90. The molecule has 0 spiro atoms. The molecule has 0 radical (unpaired) electrons. The average Bonchev–Trinajstić information content (AvgIpc) is 2.35. The smallest absolute Gasteiger partial charge is 0.335 e. The summed E-state index contributed by atoms with van der Waals surface area (Å²) < 4.78 is 24.2. The van der Waals surface area contributed by atoms with Gasteiger partial charge in [0.05, 0.1) is 10.5 Å². The lowest BCUT2D eigenvalue weighted by Crippen LogP contribution is -2.42. The zero-order valence-electron chi connectivity index (χ0n) is 12.0. The van der Waals surface area contributed by atoms with Crippen molar-refractivity contribution < 1.29 is 23.1 Å². The van der Waals surface area contributed by atoms with Crippen LogP contribution in [0.1, 0.15) is 36.2 Å². The Morgan fingerprint density at radius 1 is 1.29 bits per heavy atom. The Balaban J connectivity index is 2.95. The average molecular weight is 314 g/mol. The van der Waals surface area contributed by atoms with Crippen LogP contribution in [0.15, 0.2) is 23.1 Å². The molecule has 21 heavy (non-hydrogen) atoms. The van der Waals surface area contributed by atoms with Gasteiger partial charge in [0.2, 0.25) is 5.91 Å². The molecule has 0 aliphatic carbocycles. The number of carboxylic acids is 1. The molecule has 1 aromatic carbocycles. The number of carbonyl (C=O) groups is 2. The monoisotopic (exact) mass is 314 g/mol. The van der Waals surface area contributed by atoms with Gasteiger partial charge in [-0.15, -0.1) is 4.83 Å². The van der Waals surface area contributed by atoms with E-state index in [1.165, 1.54) is 19.1 Å². The third kappa shape index (κ3) is 4.83. The third-order valence-electron chi connectivity index (χ3n) is 2.64. The molecule has 116 valence electrons. The summed E-state index contributed by atoms with van der Waals surface area (Å²) in [6, 6.07) is 3.76. The van der Waals surface area contributed by atoms with E-state index in [9.17, 15) is 18.0 Å². The molecule has 0 bridgehead atoms. The van der Waals surface area contributed by atoms with Crippen molar-refractivity contribution in [2.75, 3.05) is 0 Å². The number of benzene rings is 1. The number of aryl methyl sites for hydroxylation is 1. The summed E-state index contributed by atoms with van der Waals surface area (Å²) >= 11 is 0. The fourth-order valence-corrected chi connectivity index (χ4v) is 2.76. The molecule has 0 fully saturated rings. The first kappa shape index (κ1) is 17.1. The van der Waals surface area contributed by atoms with Crippen LogP contribution in [0.2, 0.25) is 0 Å². The van der Waals surface area contributed by atoms with E-state index in [0.717, 1.165) is 6.07 Å². The van der Waals surface area contributed by atoms with Gasteiger partial charge in [0, 0.05) is 6.42 Å². The molecule has 7 nitrogen and oxygen atoms in total. The highest BCUT2D eigenvalue weighted by Crippen LogP contribution is 2.16. The van der Waals surface area contributed by atoms with Crippen LogP contribution < -0.4 is 10.3 Å². The quantitative estimate of drug-likeness (QED) is 0.679. The number of rotatable bonds is 6. The van der Waals surface area contributed by atoms with Gasteiger partial charge in [-0.3, -0.25) is 10.2 Å². The van der Waals surface area contributed by atoms with E-state index in [1.807, 2.05) is 18.7 Å². The van der Waals surface area contributed by atoms with Crippen LogP contribution in [0.25, 0.3) is 0 Å². The Morgan fingerprint density at radius 2 is 1.90 bits per heavy atom. The maximum absolute atomic E-state index is 12.1. The number of hydrogen-bond acceptors (Lipinski definition) is 4. The molecule has 0 aliphatic heterocycles. The zero-order valence-corrected chi connectivity index (χ0v) is 12.8. The lowest BCUT2D eigenvalue weighted by molar-refractivity contribution is -0.122. The fraction of sp³-hybridized carbons (Fsp3) is 0.385. The highest BCUT2D eigenvalue weighted by atomic mass is 32.2. The molecule has 0 aliphatic rings.